The Bertz CT molecular complexity index is 669. The van der Waals surface area contributed by atoms with Gasteiger partial charge >= 0.3 is 0 Å². The first kappa shape index (κ1) is 15.2. The molecule has 22 heavy (non-hydrogen) atoms. The van der Waals surface area contributed by atoms with Gasteiger partial charge < -0.3 is 9.73 Å². The Morgan fingerprint density at radius 2 is 2.18 bits per heavy atom. The number of nitrogens with one attached hydrogen (secondary N) is 1. The Morgan fingerprint density at radius 3 is 2.91 bits per heavy atom. The number of carbonyl (C=O) groups excluding carboxylic acids is 1. The van der Waals surface area contributed by atoms with E-state index >= 15 is 0 Å². The third-order valence-corrected chi connectivity index (χ3v) is 4.02. The third kappa shape index (κ3) is 3.92. The fourth-order valence-electron chi connectivity index (χ4n) is 2.09. The zero-order valence-electron chi connectivity index (χ0n) is 12.3. The number of halogens is 1. The molecule has 1 aromatic heterocycles. The van der Waals surface area contributed by atoms with Gasteiger partial charge in [0.15, 0.2) is 0 Å². The zero-order chi connectivity index (χ0) is 15.5. The van der Waals surface area contributed by atoms with E-state index in [0.717, 1.165) is 22.9 Å². The number of hydrogen-bond donors (Lipinski definition) is 1. The van der Waals surface area contributed by atoms with Crippen LogP contribution in [-0.2, 0) is 11.3 Å². The molecule has 1 fully saturated rings. The molecule has 0 saturated heterocycles. The monoisotopic (exact) mass is 364 g/mol. The van der Waals surface area contributed by atoms with E-state index in [1.807, 2.05) is 36.2 Å². The van der Waals surface area contributed by atoms with Gasteiger partial charge in [-0.05, 0) is 48.0 Å². The molecule has 0 aliphatic heterocycles. The lowest BCUT2D eigenvalue weighted by atomic mass is 10.2. The van der Waals surface area contributed by atoms with E-state index in [4.69, 9.17) is 4.42 Å². The van der Waals surface area contributed by atoms with E-state index < -0.39 is 0 Å². The lowest BCUT2D eigenvalue weighted by Crippen LogP contribution is -2.36. The van der Waals surface area contributed by atoms with E-state index in [2.05, 4.69) is 31.4 Å². The van der Waals surface area contributed by atoms with Gasteiger partial charge in [-0.15, -0.1) is 10.2 Å². The summed E-state index contributed by atoms with van der Waals surface area (Å²) in [5.74, 6) is 1.00. The molecule has 1 N–H and O–H groups in total. The van der Waals surface area contributed by atoms with E-state index in [9.17, 15) is 4.79 Å². The normalized spacial score (nSPS) is 14.3. The van der Waals surface area contributed by atoms with Gasteiger partial charge in [-0.1, -0.05) is 12.1 Å². The minimum atomic E-state index is 0.0375. The van der Waals surface area contributed by atoms with Gasteiger partial charge in [0, 0.05) is 10.5 Å². The van der Waals surface area contributed by atoms with E-state index in [0.29, 0.717) is 30.9 Å². The van der Waals surface area contributed by atoms with Gasteiger partial charge in [-0.3, -0.25) is 9.69 Å². The minimum absolute atomic E-state index is 0.0375. The molecule has 0 atom stereocenters. The van der Waals surface area contributed by atoms with Crippen LogP contribution in [0.2, 0.25) is 0 Å². The number of hydrogen-bond acceptors (Lipinski definition) is 5. The molecule has 0 bridgehead atoms. The molecule has 3 rings (SSSR count). The van der Waals surface area contributed by atoms with Crippen LogP contribution < -0.4 is 5.32 Å². The standard InChI is InChI=1S/C15H17BrN4O2/c1-20(8-13(21)17-10-6-7-10)9-14-18-19-15(22-14)11-4-2-3-5-12(11)16/h2-5,10H,6-9H2,1H3,(H,17,21). The first-order chi connectivity index (χ1) is 10.6. The van der Waals surface area contributed by atoms with Crippen molar-refractivity contribution in [3.05, 3.63) is 34.6 Å². The summed E-state index contributed by atoms with van der Waals surface area (Å²) in [5.41, 5.74) is 0.857. The molecular formula is C15H17BrN4O2. The number of benzene rings is 1. The number of likely N-dealkylation sites (N-methyl/N-ethyl adjacent to an activating group) is 1. The topological polar surface area (TPSA) is 71.3 Å². The highest BCUT2D eigenvalue weighted by molar-refractivity contribution is 9.10. The largest absolute Gasteiger partial charge is 0.419 e. The van der Waals surface area contributed by atoms with Crippen LogP contribution >= 0.6 is 15.9 Å². The average molecular weight is 365 g/mol. The summed E-state index contributed by atoms with van der Waals surface area (Å²) in [6, 6.07) is 8.06. The Hall–Kier alpha value is -1.73. The molecule has 0 spiro atoms. The molecule has 0 radical (unpaired) electrons. The molecule has 2 aromatic rings. The predicted molar refractivity (Wildman–Crippen MR) is 84.9 cm³/mol. The molecule has 1 heterocycles. The second-order valence-electron chi connectivity index (χ2n) is 5.49. The SMILES string of the molecule is CN(CC(=O)NC1CC1)Cc1nnc(-c2ccccc2Br)o1. The molecule has 1 amide bonds. The quantitative estimate of drug-likeness (QED) is 0.850. The third-order valence-electron chi connectivity index (χ3n) is 3.33. The van der Waals surface area contributed by atoms with Crippen LogP contribution in [0, 0.1) is 0 Å². The highest BCUT2D eigenvalue weighted by Crippen LogP contribution is 2.26. The van der Waals surface area contributed by atoms with Crippen molar-refractivity contribution < 1.29 is 9.21 Å². The van der Waals surface area contributed by atoms with Crippen molar-refractivity contribution in [1.29, 1.82) is 0 Å². The highest BCUT2D eigenvalue weighted by atomic mass is 79.9. The van der Waals surface area contributed by atoms with Gasteiger partial charge in [0.25, 0.3) is 0 Å². The number of rotatable bonds is 6. The predicted octanol–water partition coefficient (Wildman–Crippen LogP) is 2.21. The van der Waals surface area contributed by atoms with Crippen LogP contribution in [0.5, 0.6) is 0 Å². The molecule has 1 saturated carbocycles. The smallest absolute Gasteiger partial charge is 0.248 e. The summed E-state index contributed by atoms with van der Waals surface area (Å²) in [5, 5.41) is 11.1. The Morgan fingerprint density at radius 1 is 1.41 bits per heavy atom. The van der Waals surface area contributed by atoms with Crippen molar-refractivity contribution in [3.63, 3.8) is 0 Å². The summed E-state index contributed by atoms with van der Waals surface area (Å²) in [6.07, 6.45) is 2.18. The van der Waals surface area contributed by atoms with E-state index in [1.165, 1.54) is 0 Å². The summed E-state index contributed by atoms with van der Waals surface area (Å²) >= 11 is 3.46. The Labute approximate surface area is 137 Å². The van der Waals surface area contributed by atoms with Crippen molar-refractivity contribution >= 4 is 21.8 Å². The molecular weight excluding hydrogens is 348 g/mol. The second kappa shape index (κ2) is 6.58. The summed E-state index contributed by atoms with van der Waals surface area (Å²) < 4.78 is 6.58. The zero-order valence-corrected chi connectivity index (χ0v) is 13.8. The summed E-state index contributed by atoms with van der Waals surface area (Å²) in [4.78, 5) is 13.6. The average Bonchev–Trinajstić information content (AvgIpc) is 3.16. The minimum Gasteiger partial charge on any atom is -0.419 e. The Kier molecular flexibility index (Phi) is 4.54. The molecule has 116 valence electrons. The van der Waals surface area contributed by atoms with Gasteiger partial charge in [0.05, 0.1) is 18.7 Å². The maximum atomic E-state index is 11.7. The molecule has 6 nitrogen and oxygen atoms in total. The summed E-state index contributed by atoms with van der Waals surface area (Å²) in [7, 11) is 1.86. The molecule has 1 aromatic carbocycles. The van der Waals surface area contributed by atoms with Crippen LogP contribution in [-0.4, -0.2) is 40.6 Å². The summed E-state index contributed by atoms with van der Waals surface area (Å²) in [6.45, 7) is 0.763. The van der Waals surface area contributed by atoms with Gasteiger partial charge in [-0.2, -0.15) is 0 Å². The maximum Gasteiger partial charge on any atom is 0.248 e. The fourth-order valence-corrected chi connectivity index (χ4v) is 2.55. The first-order valence-electron chi connectivity index (χ1n) is 7.17. The molecule has 0 unspecified atom stereocenters. The van der Waals surface area contributed by atoms with Crippen molar-refractivity contribution in [2.75, 3.05) is 13.6 Å². The van der Waals surface area contributed by atoms with Gasteiger partial charge in [0.2, 0.25) is 17.7 Å². The van der Waals surface area contributed by atoms with Crippen LogP contribution in [0.25, 0.3) is 11.5 Å². The second-order valence-corrected chi connectivity index (χ2v) is 6.35. The molecule has 1 aliphatic carbocycles. The lowest BCUT2D eigenvalue weighted by Gasteiger charge is -2.13. The van der Waals surface area contributed by atoms with E-state index in [-0.39, 0.29) is 5.91 Å². The van der Waals surface area contributed by atoms with Crippen molar-refractivity contribution in [2.24, 2.45) is 0 Å². The van der Waals surface area contributed by atoms with Crippen molar-refractivity contribution in [1.82, 2.24) is 20.4 Å². The van der Waals surface area contributed by atoms with Gasteiger partial charge in [0.1, 0.15) is 0 Å². The number of amides is 1. The first-order valence-corrected chi connectivity index (χ1v) is 7.96. The fraction of sp³-hybridized carbons (Fsp3) is 0.400. The Balaban J connectivity index is 1.59. The van der Waals surface area contributed by atoms with Crippen molar-refractivity contribution in [2.45, 2.75) is 25.4 Å². The van der Waals surface area contributed by atoms with Crippen molar-refractivity contribution in [3.8, 4) is 11.5 Å². The highest BCUT2D eigenvalue weighted by Gasteiger charge is 2.23. The van der Waals surface area contributed by atoms with Gasteiger partial charge in [-0.25, -0.2) is 0 Å². The van der Waals surface area contributed by atoms with Crippen LogP contribution in [0.4, 0.5) is 0 Å². The van der Waals surface area contributed by atoms with E-state index in [1.54, 1.807) is 0 Å². The van der Waals surface area contributed by atoms with Crippen LogP contribution in [0.15, 0.2) is 33.2 Å². The number of nitrogens with zero attached hydrogens (tertiary/aromatic N) is 3. The maximum absolute atomic E-state index is 11.7. The lowest BCUT2D eigenvalue weighted by molar-refractivity contribution is -0.122. The molecule has 1 aliphatic rings. The van der Waals surface area contributed by atoms with Crippen LogP contribution in [0.3, 0.4) is 0 Å². The number of aromatic nitrogens is 2. The number of carbonyl (C=O) groups is 1. The molecule has 7 heteroatoms. The van der Waals surface area contributed by atoms with Crippen LogP contribution in [0.1, 0.15) is 18.7 Å².